The first-order valence-corrected chi connectivity index (χ1v) is 8.72. The van der Waals surface area contributed by atoms with Crippen LogP contribution in [-0.2, 0) is 17.4 Å². The zero-order valence-corrected chi connectivity index (χ0v) is 16.4. The molecule has 2 aromatic carbocycles. The Labute approximate surface area is 155 Å². The molecule has 0 aromatic heterocycles. The van der Waals surface area contributed by atoms with Crippen LogP contribution in [0.4, 0.5) is 0 Å². The maximum absolute atomic E-state index is 11.1. The van der Waals surface area contributed by atoms with E-state index in [1.54, 1.807) is 18.2 Å². The second-order valence-electron chi connectivity index (χ2n) is 8.66. The lowest BCUT2D eigenvalue weighted by Gasteiger charge is -2.28. The molecule has 0 bridgehead atoms. The fourth-order valence-corrected chi connectivity index (χ4v) is 2.80. The van der Waals surface area contributed by atoms with Crippen LogP contribution in [0.1, 0.15) is 68.6 Å². The van der Waals surface area contributed by atoms with Gasteiger partial charge in [0.05, 0.1) is 5.56 Å². The molecular formula is C22H28O4. The van der Waals surface area contributed by atoms with E-state index in [1.807, 2.05) is 18.2 Å². The monoisotopic (exact) mass is 356 g/mol. The number of hydrogen-bond donors (Lipinski definition) is 2. The number of hydrogen-bond acceptors (Lipinski definition) is 3. The van der Waals surface area contributed by atoms with Crippen molar-refractivity contribution in [1.29, 1.82) is 0 Å². The van der Waals surface area contributed by atoms with Gasteiger partial charge in [-0.05, 0) is 40.7 Å². The molecule has 0 aliphatic carbocycles. The van der Waals surface area contributed by atoms with Crippen molar-refractivity contribution in [2.24, 2.45) is 0 Å². The Kier molecular flexibility index (Phi) is 5.36. The van der Waals surface area contributed by atoms with Gasteiger partial charge in [-0.1, -0.05) is 53.7 Å². The minimum atomic E-state index is -0.957. The molecule has 4 heteroatoms. The summed E-state index contributed by atoms with van der Waals surface area (Å²) in [6, 6.07) is 10.4. The van der Waals surface area contributed by atoms with Crippen molar-refractivity contribution < 1.29 is 19.7 Å². The van der Waals surface area contributed by atoms with Gasteiger partial charge in [-0.25, -0.2) is 4.79 Å². The van der Waals surface area contributed by atoms with Gasteiger partial charge in [-0.15, -0.1) is 0 Å². The Morgan fingerprint density at radius 3 is 1.96 bits per heavy atom. The van der Waals surface area contributed by atoms with Crippen LogP contribution < -0.4 is 4.74 Å². The number of phenolic OH excluding ortho intramolecular Hbond substituents is 1. The van der Waals surface area contributed by atoms with E-state index in [4.69, 9.17) is 9.84 Å². The second kappa shape index (κ2) is 7.02. The summed E-state index contributed by atoms with van der Waals surface area (Å²) in [5.41, 5.74) is 2.23. The summed E-state index contributed by atoms with van der Waals surface area (Å²) in [5, 5.41) is 19.9. The normalized spacial score (nSPS) is 12.1. The van der Waals surface area contributed by atoms with Gasteiger partial charge in [0.25, 0.3) is 0 Å². The van der Waals surface area contributed by atoms with E-state index >= 15 is 0 Å². The van der Waals surface area contributed by atoms with E-state index in [1.165, 1.54) is 0 Å². The number of carbonyl (C=O) groups is 1. The van der Waals surface area contributed by atoms with E-state index in [2.05, 4.69) is 41.5 Å². The number of aromatic carboxylic acids is 1. The van der Waals surface area contributed by atoms with Crippen molar-refractivity contribution in [2.75, 3.05) is 0 Å². The third-order valence-corrected chi connectivity index (χ3v) is 4.28. The van der Waals surface area contributed by atoms with Crippen LogP contribution in [0.5, 0.6) is 11.5 Å². The quantitative estimate of drug-likeness (QED) is 0.784. The van der Waals surface area contributed by atoms with Crippen molar-refractivity contribution >= 4 is 5.97 Å². The van der Waals surface area contributed by atoms with Crippen molar-refractivity contribution in [3.8, 4) is 11.5 Å². The molecule has 140 valence electrons. The van der Waals surface area contributed by atoms with Crippen molar-refractivity contribution in [3.05, 3.63) is 58.7 Å². The largest absolute Gasteiger partial charge is 0.507 e. The molecular weight excluding hydrogens is 328 g/mol. The molecule has 0 spiro atoms. The summed E-state index contributed by atoms with van der Waals surface area (Å²) in [5.74, 6) is 0.0186. The van der Waals surface area contributed by atoms with Gasteiger partial charge in [0.15, 0.2) is 0 Å². The average molecular weight is 356 g/mol. The highest BCUT2D eigenvalue weighted by atomic mass is 16.5. The van der Waals surface area contributed by atoms with Crippen LogP contribution in [0.3, 0.4) is 0 Å². The molecule has 0 saturated carbocycles. The van der Waals surface area contributed by atoms with Crippen molar-refractivity contribution in [3.63, 3.8) is 0 Å². The van der Waals surface area contributed by atoms with Gasteiger partial charge >= 0.3 is 5.97 Å². The van der Waals surface area contributed by atoms with Gasteiger partial charge in [0.2, 0.25) is 0 Å². The summed E-state index contributed by atoms with van der Waals surface area (Å²) in [6.07, 6.45) is 0. The highest BCUT2D eigenvalue weighted by Crippen LogP contribution is 2.41. The van der Waals surface area contributed by atoms with E-state index in [0.29, 0.717) is 11.5 Å². The third-order valence-electron chi connectivity index (χ3n) is 4.28. The van der Waals surface area contributed by atoms with Gasteiger partial charge in [-0.2, -0.15) is 0 Å². The molecule has 0 fully saturated rings. The summed E-state index contributed by atoms with van der Waals surface area (Å²) >= 11 is 0. The van der Waals surface area contributed by atoms with Crippen LogP contribution in [-0.4, -0.2) is 16.2 Å². The predicted molar refractivity (Wildman–Crippen MR) is 103 cm³/mol. The SMILES string of the molecule is CC(C)(C)c1cc(OCc2cccc(C(=O)O)c2)cc(C(C)(C)C)c1O. The molecule has 4 nitrogen and oxygen atoms in total. The lowest BCUT2D eigenvalue weighted by molar-refractivity contribution is 0.0696. The van der Waals surface area contributed by atoms with E-state index < -0.39 is 5.97 Å². The first-order valence-electron chi connectivity index (χ1n) is 8.72. The van der Waals surface area contributed by atoms with Crippen molar-refractivity contribution in [2.45, 2.75) is 59.0 Å². The number of carboxylic acid groups (broad SMARTS) is 1. The fraction of sp³-hybridized carbons (Fsp3) is 0.409. The summed E-state index contributed by atoms with van der Waals surface area (Å²) in [6.45, 7) is 12.6. The number of rotatable bonds is 4. The number of carboxylic acids is 1. The Hall–Kier alpha value is -2.49. The van der Waals surface area contributed by atoms with Crippen LogP contribution in [0, 0.1) is 0 Å². The first kappa shape index (κ1) is 19.8. The average Bonchev–Trinajstić information content (AvgIpc) is 2.51. The zero-order chi connectivity index (χ0) is 19.7. The van der Waals surface area contributed by atoms with Crippen LogP contribution in [0.15, 0.2) is 36.4 Å². The van der Waals surface area contributed by atoms with Gasteiger partial charge < -0.3 is 14.9 Å². The lowest BCUT2D eigenvalue weighted by Crippen LogP contribution is -2.17. The topological polar surface area (TPSA) is 66.8 Å². The molecule has 2 N–H and O–H groups in total. The zero-order valence-electron chi connectivity index (χ0n) is 16.4. The van der Waals surface area contributed by atoms with Gasteiger partial charge in [-0.3, -0.25) is 0 Å². The van der Waals surface area contributed by atoms with Gasteiger partial charge in [0, 0.05) is 11.1 Å². The molecule has 0 heterocycles. The molecule has 0 saturated heterocycles. The minimum Gasteiger partial charge on any atom is -0.507 e. The predicted octanol–water partition coefficient (Wildman–Crippen LogP) is 5.26. The highest BCUT2D eigenvalue weighted by molar-refractivity contribution is 5.87. The van der Waals surface area contributed by atoms with Gasteiger partial charge in [0.1, 0.15) is 18.1 Å². The minimum absolute atomic E-state index is 0.229. The second-order valence-corrected chi connectivity index (χ2v) is 8.66. The molecule has 0 radical (unpaired) electrons. The Morgan fingerprint density at radius 2 is 1.50 bits per heavy atom. The number of aromatic hydroxyl groups is 1. The molecule has 0 unspecified atom stereocenters. The molecule has 2 aromatic rings. The van der Waals surface area contributed by atoms with Crippen LogP contribution in [0.2, 0.25) is 0 Å². The number of ether oxygens (including phenoxy) is 1. The van der Waals surface area contributed by atoms with Crippen LogP contribution in [0.25, 0.3) is 0 Å². The van der Waals surface area contributed by atoms with E-state index in [-0.39, 0.29) is 23.0 Å². The summed E-state index contributed by atoms with van der Waals surface area (Å²) < 4.78 is 5.95. The molecule has 0 atom stereocenters. The maximum atomic E-state index is 11.1. The number of phenols is 1. The van der Waals surface area contributed by atoms with Crippen LogP contribution >= 0.6 is 0 Å². The Balaban J connectivity index is 2.38. The van der Waals surface area contributed by atoms with Crippen molar-refractivity contribution in [1.82, 2.24) is 0 Å². The third kappa shape index (κ3) is 4.57. The maximum Gasteiger partial charge on any atom is 0.335 e. The summed E-state index contributed by atoms with van der Waals surface area (Å²) in [4.78, 5) is 11.1. The molecule has 0 aliphatic heterocycles. The molecule has 0 amide bonds. The Morgan fingerprint density at radius 1 is 0.962 bits per heavy atom. The fourth-order valence-electron chi connectivity index (χ4n) is 2.80. The standard InChI is InChI=1S/C22H28O4/c1-21(2,3)17-11-16(12-18(19(17)23)22(4,5)6)26-13-14-8-7-9-15(10-14)20(24)25/h7-12,23H,13H2,1-6H3,(H,24,25). The molecule has 26 heavy (non-hydrogen) atoms. The summed E-state index contributed by atoms with van der Waals surface area (Å²) in [7, 11) is 0. The smallest absolute Gasteiger partial charge is 0.335 e. The molecule has 0 aliphatic rings. The van der Waals surface area contributed by atoms with E-state index in [0.717, 1.165) is 16.7 Å². The molecule has 2 rings (SSSR count). The first-order chi connectivity index (χ1) is 11.9. The highest BCUT2D eigenvalue weighted by Gasteiger charge is 2.27. The lowest BCUT2D eigenvalue weighted by atomic mass is 9.79. The van der Waals surface area contributed by atoms with E-state index in [9.17, 15) is 9.90 Å². The Bertz CT molecular complexity index is 773. The number of benzene rings is 2.